The summed E-state index contributed by atoms with van der Waals surface area (Å²) < 4.78 is 9.05. The summed E-state index contributed by atoms with van der Waals surface area (Å²) in [6, 6.07) is 8.63. The van der Waals surface area contributed by atoms with Crippen LogP contribution in [0.1, 0.15) is 69.7 Å². The van der Waals surface area contributed by atoms with E-state index in [1.54, 1.807) is 38.4 Å². The first-order valence-electron chi connectivity index (χ1n) is 10.4. The molecule has 1 rings (SSSR count). The highest BCUT2D eigenvalue weighted by Crippen LogP contribution is 2.54. The van der Waals surface area contributed by atoms with Crippen molar-refractivity contribution in [2.24, 2.45) is 0 Å². The van der Waals surface area contributed by atoms with Crippen molar-refractivity contribution in [3.05, 3.63) is 35.9 Å². The molecule has 1 aromatic carbocycles. The molecule has 0 bridgehead atoms. The molecule has 0 aliphatic heterocycles. The van der Waals surface area contributed by atoms with Crippen molar-refractivity contribution in [2.45, 2.75) is 65.4 Å². The molecular weight excluding hydrogens is 405 g/mol. The van der Waals surface area contributed by atoms with Crippen molar-refractivity contribution >= 4 is 30.3 Å². The van der Waals surface area contributed by atoms with Crippen molar-refractivity contribution in [3.63, 3.8) is 0 Å². The van der Waals surface area contributed by atoms with Crippen LogP contribution in [0.15, 0.2) is 30.3 Å². The first kappa shape index (κ1) is 25.6. The van der Waals surface area contributed by atoms with Crippen LogP contribution in [0, 0.1) is 0 Å². The number of benzene rings is 1. The molecule has 0 aliphatic carbocycles. The number of carbonyl (C=O) groups is 2. The Morgan fingerprint density at radius 3 is 2.31 bits per heavy atom. The van der Waals surface area contributed by atoms with Gasteiger partial charge in [0.05, 0.1) is 6.10 Å². The molecular formula is C21H36N3O3PS. The van der Waals surface area contributed by atoms with E-state index in [0.717, 1.165) is 38.5 Å². The molecule has 2 unspecified atom stereocenters. The van der Waals surface area contributed by atoms with Crippen LogP contribution >= 0.6 is 6.57 Å². The Kier molecular flexibility index (Phi) is 11.5. The number of nitrogens with one attached hydrogen (secondary N) is 1. The average molecular weight is 442 g/mol. The molecule has 0 aromatic heterocycles. The minimum Gasteiger partial charge on any atom is -0.338 e. The van der Waals surface area contributed by atoms with Gasteiger partial charge in [-0.2, -0.15) is 0 Å². The van der Waals surface area contributed by atoms with Crippen LogP contribution < -0.4 is 5.32 Å². The van der Waals surface area contributed by atoms with Gasteiger partial charge < -0.3 is 9.84 Å². The van der Waals surface area contributed by atoms with Crippen LogP contribution in [-0.4, -0.2) is 48.0 Å². The lowest BCUT2D eigenvalue weighted by Crippen LogP contribution is -2.41. The fourth-order valence-electron chi connectivity index (χ4n) is 2.89. The third-order valence-electron chi connectivity index (χ3n) is 4.69. The summed E-state index contributed by atoms with van der Waals surface area (Å²) in [7, 11) is 3.25. The first-order chi connectivity index (χ1) is 13.8. The minimum atomic E-state index is -3.09. The molecule has 0 spiro atoms. The van der Waals surface area contributed by atoms with E-state index in [0.29, 0.717) is 12.1 Å². The summed E-state index contributed by atoms with van der Waals surface area (Å²) in [6.07, 6.45) is 5.86. The van der Waals surface area contributed by atoms with Gasteiger partial charge in [-0.15, -0.1) is 0 Å². The van der Waals surface area contributed by atoms with E-state index in [1.165, 1.54) is 9.34 Å². The number of nitrogens with zero attached hydrogens (tertiary/aromatic N) is 2. The molecule has 0 heterocycles. The number of hydrogen-bond donors (Lipinski definition) is 1. The smallest absolute Gasteiger partial charge is 0.323 e. The second-order valence-corrected chi connectivity index (χ2v) is 11.0. The third kappa shape index (κ3) is 7.72. The summed E-state index contributed by atoms with van der Waals surface area (Å²) in [6.45, 7) is 3.64. The van der Waals surface area contributed by atoms with Gasteiger partial charge in [0.15, 0.2) is 0 Å². The Labute approximate surface area is 181 Å². The van der Waals surface area contributed by atoms with Gasteiger partial charge >= 0.3 is 6.03 Å². The van der Waals surface area contributed by atoms with E-state index >= 15 is 0 Å². The topological polar surface area (TPSA) is 61.9 Å². The maximum absolute atomic E-state index is 13.0. The Morgan fingerprint density at radius 1 is 1.07 bits per heavy atom. The van der Waals surface area contributed by atoms with Gasteiger partial charge in [0.25, 0.3) is 12.5 Å². The van der Waals surface area contributed by atoms with Gasteiger partial charge in [0, 0.05) is 26.2 Å². The molecule has 1 N–H and O–H groups in total. The van der Waals surface area contributed by atoms with E-state index < -0.39 is 6.57 Å². The van der Waals surface area contributed by atoms with E-state index in [2.05, 4.69) is 19.2 Å². The van der Waals surface area contributed by atoms with Gasteiger partial charge in [-0.3, -0.25) is 14.1 Å². The largest absolute Gasteiger partial charge is 0.338 e. The van der Waals surface area contributed by atoms with Crippen LogP contribution in [0.25, 0.3) is 0 Å². The summed E-state index contributed by atoms with van der Waals surface area (Å²) in [5.74, 6) is -0.250. The first-order valence-corrected chi connectivity index (χ1v) is 13.0. The normalized spacial score (nSPS) is 14.0. The van der Waals surface area contributed by atoms with Crippen molar-refractivity contribution < 1.29 is 14.1 Å². The van der Waals surface area contributed by atoms with Gasteiger partial charge in [0.1, 0.15) is 0 Å². The Balaban J connectivity index is 2.99. The number of unbranched alkanes of at least 4 members (excludes halogenated alkanes) is 3. The van der Waals surface area contributed by atoms with Crippen LogP contribution in [0.3, 0.4) is 0 Å². The summed E-state index contributed by atoms with van der Waals surface area (Å²) >= 11 is 5.87. The summed E-state index contributed by atoms with van der Waals surface area (Å²) in [4.78, 5) is 25.8. The summed E-state index contributed by atoms with van der Waals surface area (Å²) in [5, 5.41) is 2.92. The van der Waals surface area contributed by atoms with Crippen molar-refractivity contribution in [2.75, 3.05) is 20.6 Å². The van der Waals surface area contributed by atoms with Gasteiger partial charge in [-0.05, 0) is 43.7 Å². The molecule has 1 aromatic rings. The number of hydrogen-bond acceptors (Lipinski definition) is 4. The van der Waals surface area contributed by atoms with Gasteiger partial charge in [0.2, 0.25) is 0 Å². The average Bonchev–Trinajstić information content (AvgIpc) is 2.72. The second-order valence-electron chi connectivity index (χ2n) is 7.21. The highest BCUT2D eigenvalue weighted by atomic mass is 32.5. The van der Waals surface area contributed by atoms with Crippen molar-refractivity contribution in [1.82, 2.24) is 14.7 Å². The van der Waals surface area contributed by atoms with E-state index in [4.69, 9.17) is 16.3 Å². The zero-order valence-electron chi connectivity index (χ0n) is 18.4. The van der Waals surface area contributed by atoms with Gasteiger partial charge in [-0.1, -0.05) is 57.7 Å². The molecule has 164 valence electrons. The van der Waals surface area contributed by atoms with E-state index in [-0.39, 0.29) is 18.0 Å². The monoisotopic (exact) mass is 441 g/mol. The highest BCUT2D eigenvalue weighted by Gasteiger charge is 2.37. The molecule has 0 aliphatic rings. The Hall–Kier alpha value is -1.43. The minimum absolute atomic E-state index is 0.156. The molecule has 0 saturated carbocycles. The molecule has 0 radical (unpaired) electrons. The Bertz CT molecular complexity index is 687. The molecule has 8 heteroatoms. The second kappa shape index (κ2) is 13.0. The predicted molar refractivity (Wildman–Crippen MR) is 124 cm³/mol. The maximum Gasteiger partial charge on any atom is 0.323 e. The predicted octanol–water partition coefficient (Wildman–Crippen LogP) is 5.41. The number of amides is 3. The molecule has 6 nitrogen and oxygen atoms in total. The lowest BCUT2D eigenvalue weighted by Gasteiger charge is -2.39. The van der Waals surface area contributed by atoms with Crippen LogP contribution in [0.5, 0.6) is 0 Å². The molecule has 2 atom stereocenters. The maximum atomic E-state index is 13.0. The fourth-order valence-corrected chi connectivity index (χ4v) is 5.69. The van der Waals surface area contributed by atoms with Crippen LogP contribution in [0.4, 0.5) is 4.79 Å². The molecule has 3 amide bonds. The van der Waals surface area contributed by atoms with Crippen molar-refractivity contribution in [1.29, 1.82) is 0 Å². The number of rotatable bonds is 12. The molecule has 0 fully saturated rings. The van der Waals surface area contributed by atoms with E-state index in [9.17, 15) is 9.59 Å². The molecule has 0 saturated heterocycles. The molecule has 29 heavy (non-hydrogen) atoms. The van der Waals surface area contributed by atoms with Crippen LogP contribution in [-0.2, 0) is 16.3 Å². The zero-order chi connectivity index (χ0) is 21.9. The lowest BCUT2D eigenvalue weighted by atomic mass is 10.2. The van der Waals surface area contributed by atoms with Crippen molar-refractivity contribution in [3.8, 4) is 0 Å². The van der Waals surface area contributed by atoms with E-state index in [1.807, 2.05) is 13.0 Å². The third-order valence-corrected chi connectivity index (χ3v) is 8.93. The highest BCUT2D eigenvalue weighted by molar-refractivity contribution is 8.10. The summed E-state index contributed by atoms with van der Waals surface area (Å²) in [5.41, 5.74) is 0.518. The number of urea groups is 1. The fraction of sp³-hybridized carbons (Fsp3) is 0.619. The zero-order valence-corrected chi connectivity index (χ0v) is 20.1. The quantitative estimate of drug-likeness (QED) is 0.348. The SMILES string of the molecule is CCCCCCNC(=O)N(C)P(=S)(OC(C)CCC)N(C)C(=O)c1ccccc1. The lowest BCUT2D eigenvalue weighted by molar-refractivity contribution is 0.0856. The van der Waals surface area contributed by atoms with Crippen LogP contribution in [0.2, 0.25) is 0 Å². The standard InChI is InChI=1S/C21H36N3O3PS/c1-6-8-9-13-17-22-21(26)24(5)28(29,27-18(3)14-7-2)23(4)20(25)19-15-11-10-12-16-19/h10-12,15-16,18H,6-9,13-14,17H2,1-5H3,(H,22,26). The Morgan fingerprint density at radius 2 is 1.72 bits per heavy atom. The number of carbonyl (C=O) groups excluding carboxylic acids is 2. The van der Waals surface area contributed by atoms with Gasteiger partial charge in [-0.25, -0.2) is 4.79 Å².